The van der Waals surface area contributed by atoms with Crippen molar-refractivity contribution in [2.24, 2.45) is 7.05 Å². The molecule has 0 saturated heterocycles. The molecule has 0 atom stereocenters. The number of aromatic nitrogens is 4. The molecule has 1 aliphatic carbocycles. The van der Waals surface area contributed by atoms with Gasteiger partial charge in [-0.25, -0.2) is 4.98 Å². The van der Waals surface area contributed by atoms with Gasteiger partial charge in [0.15, 0.2) is 5.65 Å². The standard InChI is InChI=1S/C13H19ClN4/c1-4-9-11-12(17(3)16-9)18(13(2)6-7-13)10(15-11)5-8-14/h4-8H2,1-3H3. The molecule has 0 amide bonds. The Kier molecular flexibility index (Phi) is 2.66. The van der Waals surface area contributed by atoms with Crippen LogP contribution in [0.3, 0.4) is 0 Å². The van der Waals surface area contributed by atoms with E-state index in [1.54, 1.807) is 0 Å². The fraction of sp³-hybridized carbons (Fsp3) is 0.692. The minimum absolute atomic E-state index is 0.231. The summed E-state index contributed by atoms with van der Waals surface area (Å²) >= 11 is 5.91. The summed E-state index contributed by atoms with van der Waals surface area (Å²) in [5.74, 6) is 1.73. The van der Waals surface area contributed by atoms with E-state index in [0.29, 0.717) is 5.88 Å². The lowest BCUT2D eigenvalue weighted by molar-refractivity contribution is 0.511. The summed E-state index contributed by atoms with van der Waals surface area (Å²) in [6.07, 6.45) is 4.20. The molecule has 2 heterocycles. The molecule has 1 aliphatic rings. The smallest absolute Gasteiger partial charge is 0.159 e. The average molecular weight is 267 g/mol. The van der Waals surface area contributed by atoms with Gasteiger partial charge in [0, 0.05) is 24.9 Å². The fourth-order valence-electron chi connectivity index (χ4n) is 2.69. The lowest BCUT2D eigenvalue weighted by Gasteiger charge is -2.15. The molecule has 0 bridgehead atoms. The normalized spacial score (nSPS) is 17.6. The summed E-state index contributed by atoms with van der Waals surface area (Å²) in [5.41, 5.74) is 3.54. The van der Waals surface area contributed by atoms with Crippen molar-refractivity contribution >= 4 is 22.8 Å². The van der Waals surface area contributed by atoms with E-state index in [0.717, 1.165) is 35.5 Å². The Labute approximate surface area is 112 Å². The Balaban J connectivity index is 2.27. The molecule has 0 radical (unpaired) electrons. The first-order chi connectivity index (χ1) is 8.60. The molecule has 2 aromatic rings. The summed E-state index contributed by atoms with van der Waals surface area (Å²) in [6, 6.07) is 0. The van der Waals surface area contributed by atoms with Gasteiger partial charge in [-0.05, 0) is 26.2 Å². The van der Waals surface area contributed by atoms with E-state index in [2.05, 4.69) is 23.5 Å². The monoisotopic (exact) mass is 266 g/mol. The third kappa shape index (κ3) is 1.58. The summed E-state index contributed by atoms with van der Waals surface area (Å²) in [6.45, 7) is 4.42. The van der Waals surface area contributed by atoms with Gasteiger partial charge < -0.3 is 4.57 Å². The van der Waals surface area contributed by atoms with Gasteiger partial charge in [-0.3, -0.25) is 4.68 Å². The van der Waals surface area contributed by atoms with Crippen LogP contribution in [0.1, 0.15) is 38.2 Å². The van der Waals surface area contributed by atoms with Crippen molar-refractivity contribution < 1.29 is 0 Å². The fourth-order valence-corrected chi connectivity index (χ4v) is 2.86. The highest BCUT2D eigenvalue weighted by atomic mass is 35.5. The average Bonchev–Trinajstić information content (AvgIpc) is 2.85. The Morgan fingerprint density at radius 2 is 2.11 bits per heavy atom. The van der Waals surface area contributed by atoms with Crippen LogP contribution in [0.2, 0.25) is 0 Å². The van der Waals surface area contributed by atoms with Gasteiger partial charge >= 0.3 is 0 Å². The van der Waals surface area contributed by atoms with Gasteiger partial charge in [0.1, 0.15) is 11.3 Å². The zero-order valence-corrected chi connectivity index (χ0v) is 12.0. The Hall–Kier alpha value is -1.03. The first kappa shape index (κ1) is 12.0. The van der Waals surface area contributed by atoms with Crippen molar-refractivity contribution in [2.45, 2.75) is 45.1 Å². The minimum atomic E-state index is 0.231. The quantitative estimate of drug-likeness (QED) is 0.798. The number of imidazole rings is 1. The minimum Gasteiger partial charge on any atom is -0.307 e. The molecule has 5 heteroatoms. The number of aryl methyl sites for hydroxylation is 3. The number of rotatable bonds is 4. The van der Waals surface area contributed by atoms with E-state index in [9.17, 15) is 0 Å². The van der Waals surface area contributed by atoms with Crippen LogP contribution in [0.25, 0.3) is 11.2 Å². The molecule has 98 valence electrons. The van der Waals surface area contributed by atoms with Crippen molar-refractivity contribution in [1.29, 1.82) is 0 Å². The lowest BCUT2D eigenvalue weighted by Crippen LogP contribution is -2.18. The molecule has 0 spiro atoms. The molecule has 1 fully saturated rings. The van der Waals surface area contributed by atoms with Crippen LogP contribution in [0.4, 0.5) is 0 Å². The first-order valence-electron chi connectivity index (χ1n) is 6.60. The zero-order valence-electron chi connectivity index (χ0n) is 11.2. The molecule has 4 nitrogen and oxygen atoms in total. The van der Waals surface area contributed by atoms with Crippen LogP contribution in [0.5, 0.6) is 0 Å². The Morgan fingerprint density at radius 1 is 1.39 bits per heavy atom. The molecule has 0 aromatic carbocycles. The van der Waals surface area contributed by atoms with Gasteiger partial charge in [0.05, 0.1) is 5.69 Å². The van der Waals surface area contributed by atoms with Crippen LogP contribution in [-0.2, 0) is 25.4 Å². The van der Waals surface area contributed by atoms with Crippen LogP contribution in [0.15, 0.2) is 0 Å². The second-order valence-corrected chi connectivity index (χ2v) is 5.77. The van der Waals surface area contributed by atoms with Crippen LogP contribution >= 0.6 is 11.6 Å². The number of hydrogen-bond acceptors (Lipinski definition) is 2. The van der Waals surface area contributed by atoms with Gasteiger partial charge in [-0.15, -0.1) is 11.6 Å². The first-order valence-corrected chi connectivity index (χ1v) is 7.14. The number of halogens is 1. The van der Waals surface area contributed by atoms with Crippen molar-refractivity contribution in [1.82, 2.24) is 19.3 Å². The third-order valence-corrected chi connectivity index (χ3v) is 4.13. The number of fused-ring (bicyclic) bond motifs is 1. The number of alkyl halides is 1. The summed E-state index contributed by atoms with van der Waals surface area (Å²) in [4.78, 5) is 4.80. The molecule has 3 rings (SSSR count). The maximum atomic E-state index is 5.91. The molecule has 0 aliphatic heterocycles. The summed E-state index contributed by atoms with van der Waals surface area (Å²) in [5, 5.41) is 4.57. The van der Waals surface area contributed by atoms with E-state index in [1.807, 2.05) is 11.7 Å². The molecular formula is C13H19ClN4. The van der Waals surface area contributed by atoms with Crippen LogP contribution in [0, 0.1) is 0 Å². The molecule has 1 saturated carbocycles. The molecular weight excluding hydrogens is 248 g/mol. The Bertz CT molecular complexity index is 592. The molecule has 2 aromatic heterocycles. The molecule has 18 heavy (non-hydrogen) atoms. The summed E-state index contributed by atoms with van der Waals surface area (Å²) < 4.78 is 4.35. The topological polar surface area (TPSA) is 35.6 Å². The molecule has 0 N–H and O–H groups in total. The van der Waals surface area contributed by atoms with E-state index in [-0.39, 0.29) is 5.54 Å². The van der Waals surface area contributed by atoms with E-state index >= 15 is 0 Å². The number of nitrogens with zero attached hydrogens (tertiary/aromatic N) is 4. The third-order valence-electron chi connectivity index (χ3n) is 3.94. The van der Waals surface area contributed by atoms with Crippen molar-refractivity contribution in [3.05, 3.63) is 11.5 Å². The van der Waals surface area contributed by atoms with Gasteiger partial charge in [-0.2, -0.15) is 5.10 Å². The van der Waals surface area contributed by atoms with Gasteiger partial charge in [0.25, 0.3) is 0 Å². The van der Waals surface area contributed by atoms with Crippen molar-refractivity contribution in [3.63, 3.8) is 0 Å². The predicted octanol–water partition coefficient (Wildman–Crippen LogP) is 2.62. The largest absolute Gasteiger partial charge is 0.307 e. The highest BCUT2D eigenvalue weighted by Crippen LogP contribution is 2.45. The van der Waals surface area contributed by atoms with Gasteiger partial charge in [0.2, 0.25) is 0 Å². The van der Waals surface area contributed by atoms with Crippen molar-refractivity contribution in [2.75, 3.05) is 5.88 Å². The van der Waals surface area contributed by atoms with Crippen LogP contribution in [-0.4, -0.2) is 25.2 Å². The SMILES string of the molecule is CCc1nn(C)c2c1nc(CCCl)n2C1(C)CC1. The van der Waals surface area contributed by atoms with Crippen LogP contribution < -0.4 is 0 Å². The lowest BCUT2D eigenvalue weighted by atomic mass is 10.3. The predicted molar refractivity (Wildman–Crippen MR) is 73.2 cm³/mol. The second kappa shape index (κ2) is 3.98. The van der Waals surface area contributed by atoms with E-state index < -0.39 is 0 Å². The Morgan fingerprint density at radius 3 is 2.67 bits per heavy atom. The summed E-state index contributed by atoms with van der Waals surface area (Å²) in [7, 11) is 2.01. The highest BCUT2D eigenvalue weighted by Gasteiger charge is 2.42. The maximum absolute atomic E-state index is 5.91. The van der Waals surface area contributed by atoms with Crippen molar-refractivity contribution in [3.8, 4) is 0 Å². The van der Waals surface area contributed by atoms with E-state index in [1.165, 1.54) is 12.8 Å². The zero-order chi connectivity index (χ0) is 12.9. The maximum Gasteiger partial charge on any atom is 0.159 e. The number of hydrogen-bond donors (Lipinski definition) is 0. The highest BCUT2D eigenvalue weighted by molar-refractivity contribution is 6.17. The second-order valence-electron chi connectivity index (χ2n) is 5.40. The van der Waals surface area contributed by atoms with E-state index in [4.69, 9.17) is 16.6 Å². The molecule has 0 unspecified atom stereocenters. The van der Waals surface area contributed by atoms with Gasteiger partial charge in [-0.1, -0.05) is 6.92 Å².